The topological polar surface area (TPSA) is 63.1 Å². The molecule has 1 atom stereocenters. The fourth-order valence-electron chi connectivity index (χ4n) is 3.18. The molecule has 0 aliphatic heterocycles. The highest BCUT2D eigenvalue weighted by Gasteiger charge is 2.22. The summed E-state index contributed by atoms with van der Waals surface area (Å²) in [6, 6.07) is 17.2. The highest BCUT2D eigenvalue weighted by atomic mass is 35.5. The first kappa shape index (κ1) is 20.0. The third-order valence-corrected chi connectivity index (χ3v) is 5.03. The molecule has 0 saturated heterocycles. The number of nitrogens with zero attached hydrogens (tertiary/aromatic N) is 4. The minimum atomic E-state index is -0.258. The zero-order valence-corrected chi connectivity index (χ0v) is 16.8. The SMILES string of the molecule is CCN(CC)C(CNC(=O)c1cnn(-c2ccccc2)n1)c1ccccc1Cl. The second-order valence-corrected chi connectivity index (χ2v) is 6.73. The summed E-state index contributed by atoms with van der Waals surface area (Å²) in [5, 5.41) is 12.2. The number of hydrogen-bond donors (Lipinski definition) is 1. The van der Waals surface area contributed by atoms with E-state index in [2.05, 4.69) is 34.3 Å². The number of benzene rings is 2. The van der Waals surface area contributed by atoms with E-state index in [0.717, 1.165) is 24.3 Å². The van der Waals surface area contributed by atoms with E-state index in [0.29, 0.717) is 11.6 Å². The largest absolute Gasteiger partial charge is 0.349 e. The number of para-hydroxylation sites is 1. The Balaban J connectivity index is 1.74. The van der Waals surface area contributed by atoms with Crippen LogP contribution in [-0.4, -0.2) is 45.4 Å². The lowest BCUT2D eigenvalue weighted by atomic mass is 10.0. The van der Waals surface area contributed by atoms with Gasteiger partial charge in [-0.3, -0.25) is 9.69 Å². The Bertz CT molecular complexity index is 908. The zero-order chi connectivity index (χ0) is 19.9. The minimum absolute atomic E-state index is 0.0168. The zero-order valence-electron chi connectivity index (χ0n) is 16.0. The van der Waals surface area contributed by atoms with Crippen molar-refractivity contribution in [2.75, 3.05) is 19.6 Å². The van der Waals surface area contributed by atoms with E-state index in [1.54, 1.807) is 0 Å². The molecule has 2 aromatic carbocycles. The van der Waals surface area contributed by atoms with Crippen molar-refractivity contribution >= 4 is 17.5 Å². The van der Waals surface area contributed by atoms with Crippen molar-refractivity contribution in [3.63, 3.8) is 0 Å². The molecule has 1 aromatic heterocycles. The molecular weight excluding hydrogens is 374 g/mol. The normalized spacial score (nSPS) is 12.1. The van der Waals surface area contributed by atoms with Gasteiger partial charge in [-0.2, -0.15) is 9.90 Å². The second-order valence-electron chi connectivity index (χ2n) is 6.32. The van der Waals surface area contributed by atoms with E-state index in [1.807, 2.05) is 54.6 Å². The van der Waals surface area contributed by atoms with Gasteiger partial charge in [0.25, 0.3) is 5.91 Å². The van der Waals surface area contributed by atoms with Gasteiger partial charge in [0.1, 0.15) is 0 Å². The lowest BCUT2D eigenvalue weighted by molar-refractivity contribution is 0.0929. The maximum atomic E-state index is 12.6. The third-order valence-electron chi connectivity index (χ3n) is 4.68. The number of carbonyl (C=O) groups is 1. The molecule has 28 heavy (non-hydrogen) atoms. The Morgan fingerprint density at radius 1 is 1.11 bits per heavy atom. The van der Waals surface area contributed by atoms with Gasteiger partial charge in [-0.1, -0.05) is 61.8 Å². The van der Waals surface area contributed by atoms with E-state index in [1.165, 1.54) is 11.0 Å². The van der Waals surface area contributed by atoms with E-state index in [-0.39, 0.29) is 17.6 Å². The smallest absolute Gasteiger partial charge is 0.273 e. The van der Waals surface area contributed by atoms with Crippen molar-refractivity contribution in [2.24, 2.45) is 0 Å². The average molecular weight is 398 g/mol. The maximum Gasteiger partial charge on any atom is 0.273 e. The van der Waals surface area contributed by atoms with E-state index < -0.39 is 0 Å². The number of rotatable bonds is 8. The van der Waals surface area contributed by atoms with Crippen molar-refractivity contribution in [3.05, 3.63) is 77.1 Å². The number of amides is 1. The summed E-state index contributed by atoms with van der Waals surface area (Å²) in [5.74, 6) is -0.258. The summed E-state index contributed by atoms with van der Waals surface area (Å²) in [5.41, 5.74) is 2.08. The molecule has 6 nitrogen and oxygen atoms in total. The molecule has 0 spiro atoms. The van der Waals surface area contributed by atoms with Crippen LogP contribution in [0, 0.1) is 0 Å². The van der Waals surface area contributed by atoms with Gasteiger partial charge in [0.15, 0.2) is 5.69 Å². The number of likely N-dealkylation sites (N-methyl/N-ethyl adjacent to an activating group) is 1. The molecule has 0 radical (unpaired) electrons. The van der Waals surface area contributed by atoms with Crippen molar-refractivity contribution in [1.82, 2.24) is 25.2 Å². The third kappa shape index (κ3) is 4.58. The number of hydrogen-bond acceptors (Lipinski definition) is 4. The summed E-state index contributed by atoms with van der Waals surface area (Å²) < 4.78 is 0. The fraction of sp³-hybridized carbons (Fsp3) is 0.286. The fourth-order valence-corrected chi connectivity index (χ4v) is 3.44. The molecule has 0 saturated carbocycles. The predicted octanol–water partition coefficient (Wildman–Crippen LogP) is 3.73. The predicted molar refractivity (Wildman–Crippen MR) is 111 cm³/mol. The molecule has 0 aliphatic carbocycles. The molecule has 1 unspecified atom stereocenters. The van der Waals surface area contributed by atoms with E-state index in [9.17, 15) is 4.79 Å². The summed E-state index contributed by atoms with van der Waals surface area (Å²) in [6.45, 7) is 6.34. The maximum absolute atomic E-state index is 12.6. The Hall–Kier alpha value is -2.70. The van der Waals surface area contributed by atoms with Gasteiger partial charge in [-0.15, -0.1) is 5.10 Å². The van der Waals surface area contributed by atoms with E-state index >= 15 is 0 Å². The minimum Gasteiger partial charge on any atom is -0.349 e. The van der Waals surface area contributed by atoms with Gasteiger partial charge in [0.2, 0.25) is 0 Å². The molecule has 3 aromatic rings. The van der Waals surface area contributed by atoms with Gasteiger partial charge < -0.3 is 5.32 Å². The summed E-state index contributed by atoms with van der Waals surface area (Å²) in [4.78, 5) is 16.3. The van der Waals surface area contributed by atoms with Crippen LogP contribution in [-0.2, 0) is 0 Å². The van der Waals surface area contributed by atoms with E-state index in [4.69, 9.17) is 11.6 Å². The number of aromatic nitrogens is 3. The van der Waals surface area contributed by atoms with Gasteiger partial charge in [0, 0.05) is 11.6 Å². The van der Waals surface area contributed by atoms with Crippen molar-refractivity contribution < 1.29 is 4.79 Å². The highest BCUT2D eigenvalue weighted by molar-refractivity contribution is 6.31. The van der Waals surface area contributed by atoms with Crippen molar-refractivity contribution in [2.45, 2.75) is 19.9 Å². The molecular formula is C21H24ClN5O. The molecule has 1 heterocycles. The molecule has 7 heteroatoms. The van der Waals surface area contributed by atoms with Gasteiger partial charge in [-0.05, 0) is 36.9 Å². The lowest BCUT2D eigenvalue weighted by Gasteiger charge is -2.30. The lowest BCUT2D eigenvalue weighted by Crippen LogP contribution is -2.38. The molecule has 0 bridgehead atoms. The van der Waals surface area contributed by atoms with Crippen LogP contribution in [0.3, 0.4) is 0 Å². The van der Waals surface area contributed by atoms with Crippen LogP contribution >= 0.6 is 11.6 Å². The molecule has 0 aliphatic rings. The average Bonchev–Trinajstić information content (AvgIpc) is 3.23. The molecule has 0 fully saturated rings. The second kappa shape index (κ2) is 9.48. The van der Waals surface area contributed by atoms with Crippen LogP contribution in [0.5, 0.6) is 0 Å². The van der Waals surface area contributed by atoms with Crippen LogP contribution < -0.4 is 5.32 Å². The van der Waals surface area contributed by atoms with Crippen LogP contribution in [0.15, 0.2) is 60.8 Å². The summed E-state index contributed by atoms with van der Waals surface area (Å²) in [7, 11) is 0. The monoisotopic (exact) mass is 397 g/mol. The number of carbonyl (C=O) groups excluding carboxylic acids is 1. The molecule has 146 valence electrons. The summed E-state index contributed by atoms with van der Waals surface area (Å²) >= 11 is 6.42. The molecule has 1 amide bonds. The van der Waals surface area contributed by atoms with Crippen LogP contribution in [0.1, 0.15) is 35.9 Å². The highest BCUT2D eigenvalue weighted by Crippen LogP contribution is 2.27. The number of nitrogens with one attached hydrogen (secondary N) is 1. The quantitative estimate of drug-likeness (QED) is 0.629. The van der Waals surface area contributed by atoms with Gasteiger partial charge >= 0.3 is 0 Å². The molecule has 3 rings (SSSR count). The first-order valence-electron chi connectivity index (χ1n) is 9.38. The number of halogens is 1. The Morgan fingerprint density at radius 3 is 2.46 bits per heavy atom. The van der Waals surface area contributed by atoms with Crippen LogP contribution in [0.25, 0.3) is 5.69 Å². The van der Waals surface area contributed by atoms with Crippen LogP contribution in [0.4, 0.5) is 0 Å². The van der Waals surface area contributed by atoms with Gasteiger partial charge in [-0.25, -0.2) is 0 Å². The first-order chi connectivity index (χ1) is 13.6. The van der Waals surface area contributed by atoms with Crippen molar-refractivity contribution in [3.8, 4) is 5.69 Å². The Kier molecular flexibility index (Phi) is 6.79. The first-order valence-corrected chi connectivity index (χ1v) is 9.76. The summed E-state index contributed by atoms with van der Waals surface area (Å²) in [6.07, 6.45) is 1.48. The Labute approximate surface area is 170 Å². The van der Waals surface area contributed by atoms with Crippen LogP contribution in [0.2, 0.25) is 5.02 Å². The van der Waals surface area contributed by atoms with Crippen molar-refractivity contribution in [1.29, 1.82) is 0 Å². The Morgan fingerprint density at radius 2 is 1.79 bits per heavy atom. The standard InChI is InChI=1S/C21H24ClN5O/c1-3-26(4-2)20(17-12-8-9-13-18(17)22)15-23-21(28)19-14-24-27(25-19)16-10-6-5-7-11-16/h5-14,20H,3-4,15H2,1-2H3,(H,23,28). The molecule has 1 N–H and O–H groups in total. The van der Waals surface area contributed by atoms with Gasteiger partial charge in [0.05, 0.1) is 17.9 Å².